The third kappa shape index (κ3) is 4.51. The molecule has 7 nitrogen and oxygen atoms in total. The van der Waals surface area contributed by atoms with Crippen molar-refractivity contribution < 1.29 is 27.6 Å². The van der Waals surface area contributed by atoms with Crippen molar-refractivity contribution in [3.63, 3.8) is 0 Å². The van der Waals surface area contributed by atoms with E-state index in [1.54, 1.807) is 13.8 Å². The number of carbonyl (C=O) groups excluding carboxylic acids is 3. The van der Waals surface area contributed by atoms with Crippen LogP contribution in [0.2, 0.25) is 0 Å². The average molecular weight is 372 g/mol. The molecule has 3 N–H and O–H groups in total. The van der Waals surface area contributed by atoms with Crippen LogP contribution in [0.5, 0.6) is 0 Å². The molecule has 1 aromatic rings. The Labute approximate surface area is 147 Å². The van der Waals surface area contributed by atoms with Gasteiger partial charge in [-0.3, -0.25) is 24.2 Å². The minimum Gasteiger partial charge on any atom is -0.369 e. The van der Waals surface area contributed by atoms with Crippen LogP contribution < -0.4 is 16.0 Å². The second-order valence-electron chi connectivity index (χ2n) is 6.22. The van der Waals surface area contributed by atoms with Crippen molar-refractivity contribution in [3.05, 3.63) is 23.8 Å². The summed E-state index contributed by atoms with van der Waals surface area (Å²) >= 11 is 0. The molecule has 0 atom stereocenters. The van der Waals surface area contributed by atoms with E-state index in [4.69, 9.17) is 5.73 Å². The van der Waals surface area contributed by atoms with Gasteiger partial charge in [-0.2, -0.15) is 13.2 Å². The van der Waals surface area contributed by atoms with Gasteiger partial charge in [0.25, 0.3) is 0 Å². The van der Waals surface area contributed by atoms with E-state index in [0.29, 0.717) is 0 Å². The first-order valence-corrected chi connectivity index (χ1v) is 7.83. The van der Waals surface area contributed by atoms with Crippen LogP contribution >= 0.6 is 0 Å². The van der Waals surface area contributed by atoms with Crippen LogP contribution in [0.3, 0.4) is 0 Å². The van der Waals surface area contributed by atoms with E-state index >= 15 is 0 Å². The van der Waals surface area contributed by atoms with Gasteiger partial charge >= 0.3 is 6.18 Å². The fourth-order valence-electron chi connectivity index (χ4n) is 2.57. The van der Waals surface area contributed by atoms with Gasteiger partial charge in [0.1, 0.15) is 6.54 Å². The van der Waals surface area contributed by atoms with Gasteiger partial charge in [-0.1, -0.05) is 0 Å². The number of benzene rings is 1. The van der Waals surface area contributed by atoms with Crippen LogP contribution in [0, 0.1) is 0 Å². The number of carbonyl (C=O) groups is 3. The first-order valence-electron chi connectivity index (χ1n) is 7.83. The molecule has 0 saturated heterocycles. The normalized spacial score (nSPS) is 14.4. The standard InChI is InChI=1S/C16H19F3N4O3/c1-9(2)22(6-13(20)24)8-15(26)23-7-14(25)21-11-5-10(16(17,18)19)3-4-12(11)23/h3-5,9H,6-8H2,1-2H3,(H2,20,24)(H,21,25). The summed E-state index contributed by atoms with van der Waals surface area (Å²) in [4.78, 5) is 38.2. The van der Waals surface area contributed by atoms with Gasteiger partial charge in [0.05, 0.1) is 30.0 Å². The molecule has 3 amide bonds. The summed E-state index contributed by atoms with van der Waals surface area (Å²) in [6.45, 7) is 2.86. The number of rotatable bonds is 5. The Bertz CT molecular complexity index is 734. The number of hydrogen-bond donors (Lipinski definition) is 2. The minimum absolute atomic E-state index is 0.0876. The Morgan fingerprint density at radius 1 is 1.31 bits per heavy atom. The number of nitrogens with two attached hydrogens (primary N) is 1. The Balaban J connectivity index is 2.29. The zero-order chi connectivity index (χ0) is 19.6. The van der Waals surface area contributed by atoms with Crippen molar-refractivity contribution in [2.75, 3.05) is 29.9 Å². The molecule has 0 aromatic heterocycles. The number of halogens is 3. The molecule has 1 aliphatic heterocycles. The third-order valence-corrected chi connectivity index (χ3v) is 3.92. The molecule has 0 aliphatic carbocycles. The lowest BCUT2D eigenvalue weighted by atomic mass is 10.1. The number of fused-ring (bicyclic) bond motifs is 1. The summed E-state index contributed by atoms with van der Waals surface area (Å²) in [7, 11) is 0. The molecule has 1 aliphatic rings. The van der Waals surface area contributed by atoms with E-state index in [1.807, 2.05) is 0 Å². The van der Waals surface area contributed by atoms with Gasteiger partial charge in [-0.25, -0.2) is 0 Å². The molecule has 0 radical (unpaired) electrons. The lowest BCUT2D eigenvalue weighted by Gasteiger charge is -2.32. The molecule has 1 aromatic carbocycles. The van der Waals surface area contributed by atoms with E-state index < -0.39 is 29.5 Å². The van der Waals surface area contributed by atoms with E-state index in [9.17, 15) is 27.6 Å². The predicted molar refractivity (Wildman–Crippen MR) is 88.3 cm³/mol. The lowest BCUT2D eigenvalue weighted by Crippen LogP contribution is -2.49. The van der Waals surface area contributed by atoms with Gasteiger partial charge in [0.2, 0.25) is 17.7 Å². The second kappa shape index (κ2) is 7.32. The molecule has 0 unspecified atom stereocenters. The summed E-state index contributed by atoms with van der Waals surface area (Å²) < 4.78 is 38.5. The summed E-state index contributed by atoms with van der Waals surface area (Å²) in [6, 6.07) is 2.61. The van der Waals surface area contributed by atoms with Crippen molar-refractivity contribution in [2.45, 2.75) is 26.1 Å². The molecule has 142 valence electrons. The Hall–Kier alpha value is -2.62. The number of nitrogens with zero attached hydrogens (tertiary/aromatic N) is 2. The zero-order valence-electron chi connectivity index (χ0n) is 14.3. The Morgan fingerprint density at radius 3 is 2.50 bits per heavy atom. The van der Waals surface area contributed by atoms with Crippen molar-refractivity contribution in [2.24, 2.45) is 5.73 Å². The van der Waals surface area contributed by atoms with Crippen molar-refractivity contribution in [1.29, 1.82) is 0 Å². The quantitative estimate of drug-likeness (QED) is 0.812. The van der Waals surface area contributed by atoms with Gasteiger partial charge in [0.15, 0.2) is 0 Å². The third-order valence-electron chi connectivity index (χ3n) is 3.92. The van der Waals surface area contributed by atoms with Gasteiger partial charge < -0.3 is 11.1 Å². The molecule has 0 spiro atoms. The first kappa shape index (κ1) is 19.7. The van der Waals surface area contributed by atoms with Crippen LogP contribution in [0.4, 0.5) is 24.5 Å². The fourth-order valence-corrected chi connectivity index (χ4v) is 2.57. The van der Waals surface area contributed by atoms with Crippen LogP contribution in [0.1, 0.15) is 19.4 Å². The number of hydrogen-bond acceptors (Lipinski definition) is 4. The summed E-state index contributed by atoms with van der Waals surface area (Å²) in [5.74, 6) is -1.73. The van der Waals surface area contributed by atoms with E-state index in [0.717, 1.165) is 23.1 Å². The number of amides is 3. The maximum atomic E-state index is 12.8. The predicted octanol–water partition coefficient (Wildman–Crippen LogP) is 1.19. The number of primary amides is 1. The average Bonchev–Trinajstić information content (AvgIpc) is 2.51. The highest BCUT2D eigenvalue weighted by molar-refractivity contribution is 6.10. The number of nitrogens with one attached hydrogen (secondary N) is 1. The van der Waals surface area contributed by atoms with Gasteiger partial charge in [-0.15, -0.1) is 0 Å². The largest absolute Gasteiger partial charge is 0.416 e. The lowest BCUT2D eigenvalue weighted by molar-refractivity contribution is -0.137. The van der Waals surface area contributed by atoms with E-state index in [1.165, 1.54) is 4.90 Å². The molecule has 0 fully saturated rings. The van der Waals surface area contributed by atoms with Crippen LogP contribution in [-0.4, -0.2) is 48.3 Å². The molecule has 10 heteroatoms. The van der Waals surface area contributed by atoms with Crippen LogP contribution in [0.15, 0.2) is 18.2 Å². The van der Waals surface area contributed by atoms with Crippen molar-refractivity contribution >= 4 is 29.1 Å². The maximum Gasteiger partial charge on any atom is 0.416 e. The van der Waals surface area contributed by atoms with Crippen molar-refractivity contribution in [1.82, 2.24) is 4.90 Å². The summed E-state index contributed by atoms with van der Waals surface area (Å²) in [5, 5.41) is 2.34. The Morgan fingerprint density at radius 2 is 1.96 bits per heavy atom. The monoisotopic (exact) mass is 372 g/mol. The number of alkyl halides is 3. The highest BCUT2D eigenvalue weighted by atomic mass is 19.4. The number of anilines is 2. The Kier molecular flexibility index (Phi) is 5.55. The van der Waals surface area contributed by atoms with E-state index in [2.05, 4.69) is 5.32 Å². The smallest absolute Gasteiger partial charge is 0.369 e. The molecule has 1 heterocycles. The molecule has 0 bridgehead atoms. The molecule has 2 rings (SSSR count). The second-order valence-corrected chi connectivity index (χ2v) is 6.22. The zero-order valence-corrected chi connectivity index (χ0v) is 14.3. The summed E-state index contributed by atoms with van der Waals surface area (Å²) in [5.41, 5.74) is 4.32. The first-order chi connectivity index (χ1) is 12.0. The van der Waals surface area contributed by atoms with Gasteiger partial charge in [0, 0.05) is 6.04 Å². The molecule has 26 heavy (non-hydrogen) atoms. The van der Waals surface area contributed by atoms with Gasteiger partial charge in [-0.05, 0) is 32.0 Å². The van der Waals surface area contributed by atoms with Crippen LogP contribution in [-0.2, 0) is 20.6 Å². The minimum atomic E-state index is -4.57. The molecule has 0 saturated carbocycles. The SMILES string of the molecule is CC(C)N(CC(N)=O)CC(=O)N1CC(=O)Nc2cc(C(F)(F)F)ccc21. The van der Waals surface area contributed by atoms with Crippen molar-refractivity contribution in [3.8, 4) is 0 Å². The topological polar surface area (TPSA) is 95.7 Å². The fraction of sp³-hybridized carbons (Fsp3) is 0.438. The van der Waals surface area contributed by atoms with Crippen LogP contribution in [0.25, 0.3) is 0 Å². The van der Waals surface area contributed by atoms with E-state index in [-0.39, 0.29) is 37.1 Å². The summed E-state index contributed by atoms with van der Waals surface area (Å²) in [6.07, 6.45) is -4.57. The molecular formula is C16H19F3N4O3. The molecular weight excluding hydrogens is 353 g/mol. The highest BCUT2D eigenvalue weighted by Gasteiger charge is 2.34. The highest BCUT2D eigenvalue weighted by Crippen LogP contribution is 2.36. The maximum absolute atomic E-state index is 12.8.